The molecule has 0 radical (unpaired) electrons. The summed E-state index contributed by atoms with van der Waals surface area (Å²) in [7, 11) is 0. The van der Waals surface area contributed by atoms with Crippen molar-refractivity contribution in [1.29, 1.82) is 0 Å². The standard InChI is InChI=1S/C15H21BrN4O2.2ClH/c16-11-4-5-13(18-9-11)15(22)20-8-2-1-3-12(20)10-19-14(21)6-7-17;;/h4-5,9,12H,1-3,6-8,10,17H2,(H,19,21);2*1H. The van der Waals surface area contributed by atoms with Crippen molar-refractivity contribution in [1.82, 2.24) is 15.2 Å². The number of nitrogens with one attached hydrogen (secondary N) is 1. The Balaban J connectivity index is 0.00000264. The van der Waals surface area contributed by atoms with Crippen LogP contribution in [0.2, 0.25) is 0 Å². The number of likely N-dealkylation sites (tertiary alicyclic amines) is 1. The van der Waals surface area contributed by atoms with Gasteiger partial charge < -0.3 is 16.0 Å². The average molecular weight is 442 g/mol. The first-order valence-corrected chi connectivity index (χ1v) is 8.30. The molecule has 1 unspecified atom stereocenters. The van der Waals surface area contributed by atoms with Crippen molar-refractivity contribution in [2.24, 2.45) is 5.73 Å². The lowest BCUT2D eigenvalue weighted by atomic mass is 10.0. The number of halogens is 3. The van der Waals surface area contributed by atoms with Gasteiger partial charge in [0.1, 0.15) is 5.69 Å². The predicted octanol–water partition coefficient (Wildman–Crippen LogP) is 2.15. The summed E-state index contributed by atoms with van der Waals surface area (Å²) in [6.45, 7) is 1.51. The van der Waals surface area contributed by atoms with E-state index < -0.39 is 0 Å². The van der Waals surface area contributed by atoms with Gasteiger partial charge in [0.05, 0.1) is 0 Å². The van der Waals surface area contributed by atoms with E-state index in [9.17, 15) is 9.59 Å². The van der Waals surface area contributed by atoms with E-state index in [1.165, 1.54) is 0 Å². The number of aromatic nitrogens is 1. The number of hydrogen-bond donors (Lipinski definition) is 2. The molecule has 136 valence electrons. The van der Waals surface area contributed by atoms with Crippen LogP contribution in [0.3, 0.4) is 0 Å². The SMILES string of the molecule is Cl.Cl.NCCC(=O)NCC1CCCCN1C(=O)c1ccc(Br)cn1. The maximum atomic E-state index is 12.6. The third kappa shape index (κ3) is 6.55. The van der Waals surface area contributed by atoms with Gasteiger partial charge in [-0.2, -0.15) is 0 Å². The molecule has 0 saturated carbocycles. The average Bonchev–Trinajstić information content (AvgIpc) is 2.53. The Bertz CT molecular complexity index is 531. The molecule has 0 bridgehead atoms. The summed E-state index contributed by atoms with van der Waals surface area (Å²) in [5.74, 6) is -0.146. The second kappa shape index (κ2) is 11.6. The Morgan fingerprint density at radius 1 is 1.33 bits per heavy atom. The second-order valence-electron chi connectivity index (χ2n) is 5.35. The summed E-state index contributed by atoms with van der Waals surface area (Å²) in [6, 6.07) is 3.54. The molecule has 1 fully saturated rings. The van der Waals surface area contributed by atoms with Crippen LogP contribution < -0.4 is 11.1 Å². The van der Waals surface area contributed by atoms with Crippen molar-refractivity contribution in [2.75, 3.05) is 19.6 Å². The molecule has 0 aliphatic carbocycles. The third-order valence-electron chi connectivity index (χ3n) is 3.74. The van der Waals surface area contributed by atoms with E-state index in [-0.39, 0.29) is 42.7 Å². The maximum Gasteiger partial charge on any atom is 0.272 e. The zero-order valence-electron chi connectivity index (χ0n) is 13.2. The van der Waals surface area contributed by atoms with Crippen LogP contribution in [0.15, 0.2) is 22.8 Å². The molecule has 1 aromatic rings. The minimum absolute atomic E-state index is 0. The molecule has 2 heterocycles. The van der Waals surface area contributed by atoms with Gasteiger partial charge in [0.2, 0.25) is 5.91 Å². The Kier molecular flexibility index (Phi) is 11.2. The number of carbonyl (C=O) groups excluding carboxylic acids is 2. The van der Waals surface area contributed by atoms with Crippen LogP contribution in [0.25, 0.3) is 0 Å². The van der Waals surface area contributed by atoms with Crippen molar-refractivity contribution in [2.45, 2.75) is 31.7 Å². The highest BCUT2D eigenvalue weighted by Crippen LogP contribution is 2.19. The fourth-order valence-electron chi connectivity index (χ4n) is 2.58. The van der Waals surface area contributed by atoms with Crippen LogP contribution in [0.4, 0.5) is 0 Å². The molecule has 6 nitrogen and oxygen atoms in total. The van der Waals surface area contributed by atoms with Crippen molar-refractivity contribution in [3.8, 4) is 0 Å². The van der Waals surface area contributed by atoms with E-state index in [4.69, 9.17) is 5.73 Å². The first-order valence-electron chi connectivity index (χ1n) is 7.51. The van der Waals surface area contributed by atoms with Gasteiger partial charge in [-0.15, -0.1) is 24.8 Å². The Morgan fingerprint density at radius 2 is 2.08 bits per heavy atom. The highest BCUT2D eigenvalue weighted by atomic mass is 79.9. The summed E-state index contributed by atoms with van der Waals surface area (Å²) < 4.78 is 0.841. The quantitative estimate of drug-likeness (QED) is 0.732. The number of piperidine rings is 1. The van der Waals surface area contributed by atoms with Gasteiger partial charge in [-0.1, -0.05) is 0 Å². The second-order valence-corrected chi connectivity index (χ2v) is 6.27. The molecule has 0 aromatic carbocycles. The Morgan fingerprint density at radius 3 is 2.71 bits per heavy atom. The van der Waals surface area contributed by atoms with Crippen LogP contribution in [-0.2, 0) is 4.79 Å². The van der Waals surface area contributed by atoms with Gasteiger partial charge >= 0.3 is 0 Å². The molecule has 1 aromatic heterocycles. The molecule has 1 saturated heterocycles. The lowest BCUT2D eigenvalue weighted by molar-refractivity contribution is -0.121. The van der Waals surface area contributed by atoms with E-state index in [1.54, 1.807) is 12.3 Å². The maximum absolute atomic E-state index is 12.6. The zero-order valence-corrected chi connectivity index (χ0v) is 16.5. The highest BCUT2D eigenvalue weighted by molar-refractivity contribution is 9.10. The molecule has 2 amide bonds. The minimum atomic E-state index is -0.0785. The molecular weight excluding hydrogens is 419 g/mol. The van der Waals surface area contributed by atoms with Gasteiger partial charge in [-0.25, -0.2) is 4.98 Å². The number of hydrogen-bond acceptors (Lipinski definition) is 4. The molecule has 1 aliphatic heterocycles. The summed E-state index contributed by atoms with van der Waals surface area (Å²) in [5, 5.41) is 2.86. The van der Waals surface area contributed by atoms with Crippen molar-refractivity contribution in [3.63, 3.8) is 0 Å². The number of rotatable bonds is 5. The van der Waals surface area contributed by atoms with Gasteiger partial charge in [0.25, 0.3) is 5.91 Å². The summed E-state index contributed by atoms with van der Waals surface area (Å²) in [4.78, 5) is 30.2. The van der Waals surface area contributed by atoms with Crippen molar-refractivity contribution >= 4 is 52.6 Å². The third-order valence-corrected chi connectivity index (χ3v) is 4.21. The number of nitrogens with two attached hydrogens (primary N) is 1. The number of nitrogens with zero attached hydrogens (tertiary/aromatic N) is 2. The van der Waals surface area contributed by atoms with Gasteiger partial charge in [0.15, 0.2) is 0 Å². The molecule has 9 heteroatoms. The summed E-state index contributed by atoms with van der Waals surface area (Å²) in [6.07, 6.45) is 4.87. The van der Waals surface area contributed by atoms with Crippen LogP contribution in [0.1, 0.15) is 36.2 Å². The number of pyridine rings is 1. The number of amides is 2. The fourth-order valence-corrected chi connectivity index (χ4v) is 2.82. The molecule has 24 heavy (non-hydrogen) atoms. The largest absolute Gasteiger partial charge is 0.354 e. The summed E-state index contributed by atoms with van der Waals surface area (Å²) >= 11 is 3.31. The molecule has 0 spiro atoms. The topological polar surface area (TPSA) is 88.3 Å². The lowest BCUT2D eigenvalue weighted by Gasteiger charge is -2.35. The monoisotopic (exact) mass is 440 g/mol. The molecule has 3 N–H and O–H groups in total. The number of carbonyl (C=O) groups is 2. The normalized spacial score (nSPS) is 16.6. The van der Waals surface area contributed by atoms with Crippen LogP contribution in [-0.4, -0.2) is 47.4 Å². The molecular formula is C15H23BrCl2N4O2. The van der Waals surface area contributed by atoms with Crippen LogP contribution in [0.5, 0.6) is 0 Å². The lowest BCUT2D eigenvalue weighted by Crippen LogP contribution is -2.49. The fraction of sp³-hybridized carbons (Fsp3) is 0.533. The van der Waals surface area contributed by atoms with E-state index in [0.29, 0.717) is 31.7 Å². The van der Waals surface area contributed by atoms with Gasteiger partial charge in [0, 0.05) is 42.8 Å². The van der Waals surface area contributed by atoms with Crippen LogP contribution in [0, 0.1) is 0 Å². The van der Waals surface area contributed by atoms with E-state index in [2.05, 4.69) is 26.2 Å². The Hall–Kier alpha value is -0.890. The highest BCUT2D eigenvalue weighted by Gasteiger charge is 2.28. The first-order chi connectivity index (χ1) is 10.6. The molecule has 1 atom stereocenters. The van der Waals surface area contributed by atoms with Crippen molar-refractivity contribution in [3.05, 3.63) is 28.5 Å². The Labute approximate surface area is 162 Å². The van der Waals surface area contributed by atoms with Gasteiger partial charge in [-0.05, 0) is 47.3 Å². The van der Waals surface area contributed by atoms with E-state index in [0.717, 1.165) is 23.7 Å². The smallest absolute Gasteiger partial charge is 0.272 e. The van der Waals surface area contributed by atoms with Crippen LogP contribution >= 0.6 is 40.7 Å². The predicted molar refractivity (Wildman–Crippen MR) is 102 cm³/mol. The summed E-state index contributed by atoms with van der Waals surface area (Å²) in [5.41, 5.74) is 5.80. The van der Waals surface area contributed by atoms with E-state index in [1.807, 2.05) is 11.0 Å². The molecule has 1 aliphatic rings. The zero-order chi connectivity index (χ0) is 15.9. The van der Waals surface area contributed by atoms with E-state index >= 15 is 0 Å². The van der Waals surface area contributed by atoms with Crippen molar-refractivity contribution < 1.29 is 9.59 Å². The minimum Gasteiger partial charge on any atom is -0.354 e. The molecule has 2 rings (SSSR count). The first kappa shape index (κ1) is 23.1. The van der Waals surface area contributed by atoms with Gasteiger partial charge in [-0.3, -0.25) is 9.59 Å².